The predicted octanol–water partition coefficient (Wildman–Crippen LogP) is 3.02. The van der Waals surface area contributed by atoms with Crippen LogP contribution in [-0.2, 0) is 31.3 Å². The number of unbranched alkanes of at least 4 members (excludes halogenated alkanes) is 3. The molecule has 0 heterocycles. The monoisotopic (exact) mass is 400 g/mol. The average Bonchev–Trinajstić information content (AvgIpc) is 2.51. The van der Waals surface area contributed by atoms with Crippen molar-refractivity contribution in [3.63, 3.8) is 0 Å². The van der Waals surface area contributed by atoms with Crippen LogP contribution in [0.2, 0.25) is 0 Å². The summed E-state index contributed by atoms with van der Waals surface area (Å²) in [5, 5.41) is 32.5. The maximum atomic E-state index is 10.4. The number of aliphatic hydroxyl groups is 3. The largest absolute Gasteiger partial charge is 0.481 e. The smallest absolute Gasteiger partial charge is 0.314 e. The van der Waals surface area contributed by atoms with Crippen molar-refractivity contribution < 1.29 is 51.7 Å². The fourth-order valence-electron chi connectivity index (χ4n) is 1.11. The van der Waals surface area contributed by atoms with Gasteiger partial charge in [0.2, 0.25) is 0 Å². The van der Waals surface area contributed by atoms with E-state index in [1.54, 1.807) is 6.92 Å². The molecule has 0 saturated carbocycles. The van der Waals surface area contributed by atoms with Gasteiger partial charge < -0.3 is 20.4 Å². The van der Waals surface area contributed by atoms with Gasteiger partial charge in [-0.2, -0.15) is 0 Å². The summed E-state index contributed by atoms with van der Waals surface area (Å²) in [4.78, 5) is 20.6. The van der Waals surface area contributed by atoms with E-state index in [0.29, 0.717) is 26.2 Å². The molecule has 0 aliphatic rings. The quantitative estimate of drug-likeness (QED) is 0.349. The fourth-order valence-corrected chi connectivity index (χ4v) is 1.11. The fraction of sp³-hybridized carbons (Fsp3) is 0.889. The van der Waals surface area contributed by atoms with E-state index in [-0.39, 0.29) is 27.5 Å². The number of carbonyl (C=O) groups is 2. The van der Waals surface area contributed by atoms with Crippen molar-refractivity contribution in [3.05, 3.63) is 0 Å². The molecule has 0 aromatic rings. The number of ketones is 1. The molecular weight excluding hydrogens is 360 g/mol. The first-order valence-corrected chi connectivity index (χ1v) is 8.89. The number of carboxylic acids is 1. The van der Waals surface area contributed by atoms with Gasteiger partial charge in [0.1, 0.15) is 11.7 Å². The molecule has 4 N–H and O–H groups in total. The third-order valence-corrected chi connectivity index (χ3v) is 2.73. The van der Waals surface area contributed by atoms with Crippen LogP contribution in [0.25, 0.3) is 0 Å². The third kappa shape index (κ3) is 45.3. The van der Waals surface area contributed by atoms with Crippen LogP contribution in [0.4, 0.5) is 0 Å². The Labute approximate surface area is 168 Å². The SMILES string of the molecule is CCC(C(C)=O)C(=O)O.CCCCO.CCCCO.CCCCO.[Ti]. The molecule has 0 aliphatic carbocycles. The van der Waals surface area contributed by atoms with Crippen LogP contribution in [0.5, 0.6) is 0 Å². The summed E-state index contributed by atoms with van der Waals surface area (Å²) in [7, 11) is 0. The molecule has 6 nitrogen and oxygen atoms in total. The van der Waals surface area contributed by atoms with E-state index >= 15 is 0 Å². The molecule has 1 atom stereocenters. The van der Waals surface area contributed by atoms with Gasteiger partial charge in [-0.05, 0) is 32.6 Å². The van der Waals surface area contributed by atoms with Crippen molar-refractivity contribution in [3.8, 4) is 0 Å². The van der Waals surface area contributed by atoms with Gasteiger partial charge in [0, 0.05) is 41.5 Å². The zero-order chi connectivity index (χ0) is 19.8. The summed E-state index contributed by atoms with van der Waals surface area (Å²) in [6, 6.07) is 0. The summed E-state index contributed by atoms with van der Waals surface area (Å²) >= 11 is 0. The summed E-state index contributed by atoms with van der Waals surface area (Å²) in [5.41, 5.74) is 0. The number of carbonyl (C=O) groups excluding carboxylic acids is 1. The Balaban J connectivity index is -0.0000000733. The van der Waals surface area contributed by atoms with Crippen LogP contribution in [0.15, 0.2) is 0 Å². The van der Waals surface area contributed by atoms with E-state index in [9.17, 15) is 9.59 Å². The molecule has 152 valence electrons. The van der Waals surface area contributed by atoms with E-state index in [1.165, 1.54) is 6.92 Å². The molecule has 0 radical (unpaired) electrons. The molecule has 0 saturated heterocycles. The van der Waals surface area contributed by atoms with Crippen molar-refractivity contribution in [2.45, 2.75) is 79.6 Å². The van der Waals surface area contributed by atoms with Crippen LogP contribution in [0.1, 0.15) is 79.6 Å². The van der Waals surface area contributed by atoms with Gasteiger partial charge in [-0.25, -0.2) is 0 Å². The topological polar surface area (TPSA) is 115 Å². The van der Waals surface area contributed by atoms with E-state index in [0.717, 1.165) is 38.5 Å². The molecular formula is C18H40O6Ti. The van der Waals surface area contributed by atoms with Gasteiger partial charge in [0.15, 0.2) is 0 Å². The normalized spacial score (nSPS) is 9.60. The molecule has 0 aliphatic heterocycles. The van der Waals surface area contributed by atoms with E-state index in [2.05, 4.69) is 20.8 Å². The molecule has 1 unspecified atom stereocenters. The van der Waals surface area contributed by atoms with Crippen molar-refractivity contribution >= 4 is 11.8 Å². The standard InChI is InChI=1S/C6H10O3.3C4H10O.Ti/c1-3-5(4(2)7)6(8)9;3*1-2-3-4-5;/h5H,3H2,1-2H3,(H,8,9);3*5H,2-4H2,1H3;. The van der Waals surface area contributed by atoms with Crippen LogP contribution in [-0.4, -0.2) is 52.0 Å². The molecule has 0 bridgehead atoms. The van der Waals surface area contributed by atoms with Gasteiger partial charge >= 0.3 is 5.97 Å². The Bertz CT molecular complexity index is 215. The van der Waals surface area contributed by atoms with Crippen molar-refractivity contribution in [1.29, 1.82) is 0 Å². The number of aliphatic carboxylic acids is 1. The van der Waals surface area contributed by atoms with E-state index < -0.39 is 11.9 Å². The maximum Gasteiger partial charge on any atom is 0.314 e. The van der Waals surface area contributed by atoms with Gasteiger partial charge in [-0.3, -0.25) is 9.59 Å². The molecule has 0 spiro atoms. The second-order valence-corrected chi connectivity index (χ2v) is 5.14. The second kappa shape index (κ2) is 35.0. The van der Waals surface area contributed by atoms with Gasteiger partial charge in [0.25, 0.3) is 0 Å². The van der Waals surface area contributed by atoms with Crippen LogP contribution in [0, 0.1) is 5.92 Å². The average molecular weight is 400 g/mol. The van der Waals surface area contributed by atoms with Gasteiger partial charge in [-0.1, -0.05) is 47.0 Å². The zero-order valence-corrected chi connectivity index (χ0v) is 18.3. The molecule has 0 aromatic heterocycles. The molecule has 0 fully saturated rings. The first-order chi connectivity index (χ1) is 11.3. The third-order valence-electron chi connectivity index (χ3n) is 2.73. The Hall–Kier alpha value is -0.266. The number of aliphatic hydroxyl groups excluding tert-OH is 3. The Morgan fingerprint density at radius 3 is 1.04 bits per heavy atom. The van der Waals surface area contributed by atoms with Crippen LogP contribution < -0.4 is 0 Å². The number of hydrogen-bond donors (Lipinski definition) is 4. The predicted molar refractivity (Wildman–Crippen MR) is 98.1 cm³/mol. The minimum atomic E-state index is -1.02. The first kappa shape index (κ1) is 35.8. The van der Waals surface area contributed by atoms with Crippen molar-refractivity contribution in [1.82, 2.24) is 0 Å². The maximum absolute atomic E-state index is 10.4. The zero-order valence-electron chi connectivity index (χ0n) is 16.8. The Morgan fingerprint density at radius 2 is 1.04 bits per heavy atom. The first-order valence-electron chi connectivity index (χ1n) is 8.89. The van der Waals surface area contributed by atoms with Crippen molar-refractivity contribution in [2.24, 2.45) is 5.92 Å². The Morgan fingerprint density at radius 1 is 0.760 bits per heavy atom. The van der Waals surface area contributed by atoms with Crippen LogP contribution in [0.3, 0.4) is 0 Å². The molecule has 7 heteroatoms. The Kier molecular flexibility index (Phi) is 50.0. The van der Waals surface area contributed by atoms with Gasteiger partial charge in [0.05, 0.1) is 0 Å². The molecule has 0 aromatic carbocycles. The van der Waals surface area contributed by atoms with Crippen LogP contribution >= 0.6 is 0 Å². The summed E-state index contributed by atoms with van der Waals surface area (Å²) in [5.74, 6) is -2.10. The minimum Gasteiger partial charge on any atom is -0.481 e. The minimum absolute atomic E-state index is 0. The summed E-state index contributed by atoms with van der Waals surface area (Å²) in [6.07, 6.45) is 6.49. The number of carboxylic acid groups (broad SMARTS) is 1. The van der Waals surface area contributed by atoms with Gasteiger partial charge in [-0.15, -0.1) is 0 Å². The van der Waals surface area contributed by atoms with E-state index in [1.807, 2.05) is 0 Å². The van der Waals surface area contributed by atoms with Crippen molar-refractivity contribution in [2.75, 3.05) is 19.8 Å². The number of rotatable bonds is 9. The van der Waals surface area contributed by atoms with E-state index in [4.69, 9.17) is 20.4 Å². The second-order valence-electron chi connectivity index (χ2n) is 5.14. The summed E-state index contributed by atoms with van der Waals surface area (Å²) in [6.45, 7) is 10.2. The number of hydrogen-bond acceptors (Lipinski definition) is 5. The summed E-state index contributed by atoms with van der Waals surface area (Å²) < 4.78 is 0. The molecule has 0 amide bonds. The number of Topliss-reactive ketones (excluding diaryl/α,β-unsaturated/α-hetero) is 1. The molecule has 25 heavy (non-hydrogen) atoms. The molecule has 0 rings (SSSR count).